The number of hydrogen-bond acceptors (Lipinski definition) is 17. The average molecular weight is 1880 g/mol. The van der Waals surface area contributed by atoms with E-state index in [1.165, 1.54) is 83.3 Å². The second kappa shape index (κ2) is 38.3. The summed E-state index contributed by atoms with van der Waals surface area (Å²) in [5.74, 6) is -1.32. The molecule has 0 aliphatic heterocycles. The van der Waals surface area contributed by atoms with E-state index in [2.05, 4.69) is 23.2 Å². The highest BCUT2D eigenvalue weighted by molar-refractivity contribution is 7.13. The molecule has 16 rings (SSSR count). The first-order chi connectivity index (χ1) is 61.9. The summed E-state index contributed by atoms with van der Waals surface area (Å²) in [6.07, 6.45) is -0.127. The monoisotopic (exact) mass is 1880 g/mol. The van der Waals surface area contributed by atoms with Crippen LogP contribution in [0.15, 0.2) is 170 Å². The minimum Gasteiger partial charge on any atom is -0.385 e. The summed E-state index contributed by atoms with van der Waals surface area (Å²) in [5.41, 5.74) is -14.3. The van der Waals surface area contributed by atoms with Crippen molar-refractivity contribution >= 4 is 46.3 Å². The maximum absolute atomic E-state index is 13.4. The molecule has 132 heavy (non-hydrogen) atoms. The number of carbonyl (C=O) groups is 4. The largest absolute Gasteiger partial charge is 0.421 e. The zero-order valence-electron chi connectivity index (χ0n) is 72.8. The van der Waals surface area contributed by atoms with Crippen molar-refractivity contribution in [2.75, 3.05) is 0 Å². The van der Waals surface area contributed by atoms with Gasteiger partial charge in [-0.25, -0.2) is 4.39 Å². The molecule has 19 nitrogen and oxygen atoms in total. The van der Waals surface area contributed by atoms with Gasteiger partial charge >= 0.3 is 24.7 Å². The highest BCUT2D eigenvalue weighted by atomic mass is 32.1. The summed E-state index contributed by atoms with van der Waals surface area (Å²) in [7, 11) is 0. The van der Waals surface area contributed by atoms with Gasteiger partial charge in [-0.15, -0.1) is 22.7 Å². The van der Waals surface area contributed by atoms with Gasteiger partial charge in [-0.1, -0.05) is 66.7 Å². The summed E-state index contributed by atoms with van der Waals surface area (Å²) in [6, 6.07) is 43.2. The maximum Gasteiger partial charge on any atom is 0.421 e. The Bertz CT molecular complexity index is 5330. The van der Waals surface area contributed by atoms with E-state index in [4.69, 9.17) is 10.5 Å². The third-order valence-electron chi connectivity index (χ3n) is 27.6. The topological polar surface area (TPSA) is 307 Å². The van der Waals surface area contributed by atoms with E-state index in [1.54, 1.807) is 54.9 Å². The van der Waals surface area contributed by atoms with Crippen LogP contribution < -0.4 is 0 Å². The number of carbonyl (C=O) groups excluding carboxylic acids is 4. The Labute approximate surface area is 763 Å². The predicted molar refractivity (Wildman–Crippen MR) is 462 cm³/mol. The van der Waals surface area contributed by atoms with Crippen LogP contribution in [0.3, 0.4) is 0 Å². The van der Waals surface area contributed by atoms with E-state index in [0.717, 1.165) is 121 Å². The quantitative estimate of drug-likeness (QED) is 0.0349. The molecule has 8 fully saturated rings. The van der Waals surface area contributed by atoms with Crippen molar-refractivity contribution in [3.05, 3.63) is 251 Å². The molecule has 4 amide bonds. The van der Waals surface area contributed by atoms with Crippen LogP contribution in [0.1, 0.15) is 276 Å². The van der Waals surface area contributed by atoms with Gasteiger partial charge in [0, 0.05) is 98.3 Å². The molecule has 8 aliphatic carbocycles. The molecule has 0 bridgehead atoms. The number of halogens is 13. The number of aliphatic hydroxyl groups is 7. The standard InChI is InChI=1S/C26H26F4N2O2.2C24H25F3N2O3S.C24H27F3N2O3/c1-24(34,26(28,29)30)18-4-2-17(3-5-18)23(33)32(21-10-11-21)22-12-14-25(16-31,15-13-22)19-6-8-20(27)9-7-19;2*1-22(31,24(25,26)27)16-4-2-15(3-5-16)21(30)29(17-6-7-17)18-10-12-23(32,13-11-18)20-9-8-19(14-28)33-20;1-22(31,24(25,26)27)17-6-4-16(5-7-17)21(30)29(19-8-9-19)20-10-12-23(32,13-11-20)18-3-2-14-28-15-18/h2-9,21-22,34H,10-15H2,1H3;2*2-5,8-9,17-18,31-32H,6-7,10-13H2,1H3;2-7,14-15,19-20,31-32H,8-13H2,1H3/t22?,24-,25?;2*18?,22-,23?;20?,22-,23?/m0000/s1. The van der Waals surface area contributed by atoms with Gasteiger partial charge < -0.3 is 55.3 Å². The predicted octanol–water partition coefficient (Wildman–Crippen LogP) is 19.5. The molecule has 0 unspecified atom stereocenters. The van der Waals surface area contributed by atoms with Crippen molar-refractivity contribution in [2.24, 2.45) is 0 Å². The average Bonchev–Trinajstić information content (AvgIpc) is 1.32. The molecule has 8 aliphatic rings. The normalized spacial score (nSPS) is 25.2. The highest BCUT2D eigenvalue weighted by Gasteiger charge is 2.56. The smallest absolute Gasteiger partial charge is 0.385 e. The molecule has 4 atom stereocenters. The highest BCUT2D eigenvalue weighted by Crippen LogP contribution is 2.51. The van der Waals surface area contributed by atoms with Gasteiger partial charge in [0.05, 0.1) is 28.3 Å². The molecule has 8 saturated carbocycles. The molecule has 7 N–H and O–H groups in total. The molecular weight excluding hydrogens is 1780 g/mol. The van der Waals surface area contributed by atoms with Gasteiger partial charge in [0.15, 0.2) is 22.4 Å². The van der Waals surface area contributed by atoms with E-state index < -0.39 is 69.3 Å². The molecular formula is C98H103F13N8O11S2. The maximum atomic E-state index is 13.4. The third-order valence-corrected chi connectivity index (χ3v) is 29.9. The lowest BCUT2D eigenvalue weighted by molar-refractivity contribution is -0.259. The summed E-state index contributed by atoms with van der Waals surface area (Å²) in [6.45, 7) is 2.77. The molecule has 0 radical (unpaired) electrons. The molecule has 3 aromatic heterocycles. The number of aromatic nitrogens is 1. The number of nitrogens with zero attached hydrogens (tertiary/aromatic N) is 8. The Kier molecular flexibility index (Phi) is 28.8. The molecule has 8 aromatic rings. The lowest BCUT2D eigenvalue weighted by Crippen LogP contribution is -2.46. The Hall–Kier alpha value is -10.2. The van der Waals surface area contributed by atoms with Gasteiger partial charge in [0.1, 0.15) is 27.7 Å². The van der Waals surface area contributed by atoms with Crippen molar-refractivity contribution in [1.29, 1.82) is 15.8 Å². The fourth-order valence-electron chi connectivity index (χ4n) is 18.3. The van der Waals surface area contributed by atoms with E-state index in [9.17, 15) is 117 Å². The molecule has 704 valence electrons. The number of benzene rings is 5. The third kappa shape index (κ3) is 21.4. The van der Waals surface area contributed by atoms with Crippen molar-refractivity contribution in [3.8, 4) is 18.2 Å². The van der Waals surface area contributed by atoms with Crippen LogP contribution in [0.2, 0.25) is 0 Å². The van der Waals surface area contributed by atoms with Crippen molar-refractivity contribution in [3.63, 3.8) is 0 Å². The van der Waals surface area contributed by atoms with Crippen LogP contribution >= 0.6 is 22.7 Å². The minimum absolute atomic E-state index is 0.0371. The van der Waals surface area contributed by atoms with Crippen LogP contribution in [0, 0.1) is 39.8 Å². The molecule has 0 saturated heterocycles. The first-order valence-corrected chi connectivity index (χ1v) is 45.7. The van der Waals surface area contributed by atoms with Crippen molar-refractivity contribution in [2.45, 2.75) is 299 Å². The fourth-order valence-corrected chi connectivity index (χ4v) is 20.2. The zero-order valence-corrected chi connectivity index (χ0v) is 74.5. The summed E-state index contributed by atoms with van der Waals surface area (Å²) in [5, 5.41) is 101. The summed E-state index contributed by atoms with van der Waals surface area (Å²) < 4.78 is 171. The summed E-state index contributed by atoms with van der Waals surface area (Å²) >= 11 is 2.56. The van der Waals surface area contributed by atoms with Crippen molar-refractivity contribution < 1.29 is 112 Å². The van der Waals surface area contributed by atoms with Gasteiger partial charge in [-0.05, 0) is 301 Å². The fraction of sp³-hybridized carbons (Fsp3) is 0.490. The van der Waals surface area contributed by atoms with E-state index in [-0.39, 0.29) is 117 Å². The SMILES string of the molecule is C[C@](O)(c1ccc(C(=O)N(C2CC2)C2CCC(C#N)(c3ccc(F)cc3)CC2)cc1)C(F)(F)F.C[C@](O)(c1ccc(C(=O)N(C2CC2)C2CCC(O)(c3ccc(C#N)s3)CC2)cc1)C(F)(F)F.C[C@](O)(c1ccc(C(=O)N(C2CC2)C2CCC(O)(c3ccc(C#N)s3)CC2)cc1)C(F)(F)F.C[C@](O)(c1ccc(C(=O)N(C2CC2)C2CCC(O)(c3cccnc3)CC2)cc1)C(F)(F)F. The first kappa shape index (κ1) is 99.3. The zero-order chi connectivity index (χ0) is 95.9. The van der Waals surface area contributed by atoms with Crippen molar-refractivity contribution in [1.82, 2.24) is 24.6 Å². The Balaban J connectivity index is 0.000000150. The molecule has 5 aromatic carbocycles. The van der Waals surface area contributed by atoms with Gasteiger partial charge in [0.2, 0.25) is 0 Å². The number of nitriles is 3. The van der Waals surface area contributed by atoms with Crippen LogP contribution in [0.4, 0.5) is 57.1 Å². The number of pyridine rings is 1. The Morgan fingerprint density at radius 3 is 0.818 bits per heavy atom. The Morgan fingerprint density at radius 2 is 0.598 bits per heavy atom. The number of thiophene rings is 2. The van der Waals surface area contributed by atoms with Gasteiger partial charge in [-0.3, -0.25) is 24.2 Å². The van der Waals surface area contributed by atoms with E-state index >= 15 is 0 Å². The lowest BCUT2D eigenvalue weighted by Gasteiger charge is -2.41. The summed E-state index contributed by atoms with van der Waals surface area (Å²) in [4.78, 5) is 67.3. The van der Waals surface area contributed by atoms with Crippen LogP contribution in [-0.2, 0) is 44.6 Å². The van der Waals surface area contributed by atoms with Crippen LogP contribution in [-0.4, -0.2) is 157 Å². The minimum atomic E-state index is -4.83. The second-order valence-corrected chi connectivity index (χ2v) is 39.0. The van der Waals surface area contributed by atoms with Gasteiger partial charge in [-0.2, -0.15) is 68.5 Å². The molecule has 0 spiro atoms. The first-order valence-electron chi connectivity index (χ1n) is 44.1. The number of hydrogen-bond donors (Lipinski definition) is 7. The number of alkyl halides is 12. The molecule has 34 heteroatoms. The van der Waals surface area contributed by atoms with E-state index in [0.29, 0.717) is 146 Å². The molecule has 3 heterocycles. The van der Waals surface area contributed by atoms with Crippen LogP contribution in [0.5, 0.6) is 0 Å². The van der Waals surface area contributed by atoms with Crippen LogP contribution in [0.25, 0.3) is 0 Å². The lowest BCUT2D eigenvalue weighted by atomic mass is 9.69. The second-order valence-electron chi connectivity index (χ2n) is 36.9. The number of amides is 4. The Morgan fingerprint density at radius 1 is 0.348 bits per heavy atom. The number of rotatable bonds is 20. The van der Waals surface area contributed by atoms with E-state index in [1.807, 2.05) is 25.7 Å². The van der Waals surface area contributed by atoms with Gasteiger partial charge in [0.25, 0.3) is 23.6 Å².